The second-order valence-electron chi connectivity index (χ2n) is 6.56. The predicted octanol–water partition coefficient (Wildman–Crippen LogP) is 5.68. The fourth-order valence-corrected chi connectivity index (χ4v) is 3.20. The summed E-state index contributed by atoms with van der Waals surface area (Å²) in [6, 6.07) is 27.2. The molecule has 0 unspecified atom stereocenters. The minimum absolute atomic E-state index is 0.201. The van der Waals surface area contributed by atoms with Gasteiger partial charge in [0.15, 0.2) is 0 Å². The van der Waals surface area contributed by atoms with E-state index in [1.807, 2.05) is 84.9 Å². The van der Waals surface area contributed by atoms with E-state index in [2.05, 4.69) is 10.3 Å². The zero-order valence-electron chi connectivity index (χ0n) is 16.0. The van der Waals surface area contributed by atoms with Crippen LogP contribution in [-0.4, -0.2) is 18.0 Å². The first-order chi connectivity index (χ1) is 14.2. The topological polar surface area (TPSA) is 51.2 Å². The van der Waals surface area contributed by atoms with E-state index in [0.717, 1.165) is 28.0 Å². The summed E-state index contributed by atoms with van der Waals surface area (Å²) in [5.41, 5.74) is 5.08. The standard InChI is InChI=1S/C25H20N2O2/c1-29-24-13-6-5-12-23(24)19-10-7-11-22(15-19)27-25(28)21-14-20(16-26-17-21)18-8-3-2-4-9-18/h2-17H,1H3,(H,27,28). The average Bonchev–Trinajstić information content (AvgIpc) is 2.80. The molecule has 0 aliphatic rings. The third-order valence-electron chi connectivity index (χ3n) is 4.65. The molecule has 0 spiro atoms. The SMILES string of the molecule is COc1ccccc1-c1cccc(NC(=O)c2cncc(-c3ccccc3)c2)c1. The number of nitrogens with zero attached hydrogens (tertiary/aromatic N) is 1. The van der Waals surface area contributed by atoms with Gasteiger partial charge in [-0.2, -0.15) is 0 Å². The first kappa shape index (κ1) is 18.4. The number of para-hydroxylation sites is 1. The molecule has 0 aliphatic heterocycles. The van der Waals surface area contributed by atoms with Crippen molar-refractivity contribution < 1.29 is 9.53 Å². The van der Waals surface area contributed by atoms with E-state index in [9.17, 15) is 4.79 Å². The Balaban J connectivity index is 1.58. The van der Waals surface area contributed by atoms with Crippen LogP contribution in [0.15, 0.2) is 97.3 Å². The third kappa shape index (κ3) is 4.17. The number of hydrogen-bond donors (Lipinski definition) is 1. The largest absolute Gasteiger partial charge is 0.496 e. The number of rotatable bonds is 5. The number of carbonyl (C=O) groups is 1. The summed E-state index contributed by atoms with van der Waals surface area (Å²) < 4.78 is 5.45. The predicted molar refractivity (Wildman–Crippen MR) is 116 cm³/mol. The molecule has 1 aromatic heterocycles. The van der Waals surface area contributed by atoms with E-state index < -0.39 is 0 Å². The lowest BCUT2D eigenvalue weighted by Gasteiger charge is -2.11. The van der Waals surface area contributed by atoms with Gasteiger partial charge in [-0.1, -0.05) is 60.7 Å². The second kappa shape index (κ2) is 8.40. The van der Waals surface area contributed by atoms with Crippen molar-refractivity contribution in [3.63, 3.8) is 0 Å². The number of aromatic nitrogens is 1. The van der Waals surface area contributed by atoms with Crippen LogP contribution in [0.2, 0.25) is 0 Å². The second-order valence-corrected chi connectivity index (χ2v) is 6.56. The molecule has 1 heterocycles. The van der Waals surface area contributed by atoms with Gasteiger partial charge in [-0.25, -0.2) is 0 Å². The van der Waals surface area contributed by atoms with E-state index in [4.69, 9.17) is 4.74 Å². The molecule has 0 fully saturated rings. The molecule has 1 amide bonds. The minimum Gasteiger partial charge on any atom is -0.496 e. The number of benzene rings is 3. The van der Waals surface area contributed by atoms with Gasteiger partial charge in [0.05, 0.1) is 12.7 Å². The number of pyridine rings is 1. The molecule has 0 aliphatic carbocycles. The van der Waals surface area contributed by atoms with Gasteiger partial charge in [-0.3, -0.25) is 9.78 Å². The van der Waals surface area contributed by atoms with Crippen LogP contribution in [0.25, 0.3) is 22.3 Å². The Kier molecular flexibility index (Phi) is 5.34. The Morgan fingerprint density at radius 3 is 2.38 bits per heavy atom. The van der Waals surface area contributed by atoms with Gasteiger partial charge >= 0.3 is 0 Å². The highest BCUT2D eigenvalue weighted by atomic mass is 16.5. The van der Waals surface area contributed by atoms with Crippen LogP contribution in [0.1, 0.15) is 10.4 Å². The minimum atomic E-state index is -0.201. The van der Waals surface area contributed by atoms with Crippen molar-refractivity contribution in [3.05, 3.63) is 103 Å². The van der Waals surface area contributed by atoms with Crippen LogP contribution in [0, 0.1) is 0 Å². The first-order valence-corrected chi connectivity index (χ1v) is 9.30. The fourth-order valence-electron chi connectivity index (χ4n) is 3.20. The maximum absolute atomic E-state index is 12.8. The first-order valence-electron chi connectivity index (χ1n) is 9.30. The van der Waals surface area contributed by atoms with Crippen LogP contribution in [-0.2, 0) is 0 Å². The number of ether oxygens (including phenoxy) is 1. The molecular formula is C25H20N2O2. The molecule has 4 rings (SSSR count). The third-order valence-corrected chi connectivity index (χ3v) is 4.65. The quantitative estimate of drug-likeness (QED) is 0.485. The Morgan fingerprint density at radius 2 is 1.55 bits per heavy atom. The van der Waals surface area contributed by atoms with Gasteiger partial charge in [0.25, 0.3) is 5.91 Å². The molecule has 0 saturated carbocycles. The molecule has 4 nitrogen and oxygen atoms in total. The van der Waals surface area contributed by atoms with Gasteiger partial charge in [-0.15, -0.1) is 0 Å². The number of carbonyl (C=O) groups excluding carboxylic acids is 1. The van der Waals surface area contributed by atoms with Crippen molar-refractivity contribution in [1.82, 2.24) is 4.98 Å². The van der Waals surface area contributed by atoms with Gasteiger partial charge in [0, 0.05) is 29.2 Å². The maximum Gasteiger partial charge on any atom is 0.257 e. The van der Waals surface area contributed by atoms with Crippen molar-refractivity contribution in [2.45, 2.75) is 0 Å². The lowest BCUT2D eigenvalue weighted by molar-refractivity contribution is 0.102. The average molecular weight is 380 g/mol. The number of methoxy groups -OCH3 is 1. The number of amides is 1. The van der Waals surface area contributed by atoms with Crippen molar-refractivity contribution in [1.29, 1.82) is 0 Å². The van der Waals surface area contributed by atoms with E-state index in [1.54, 1.807) is 19.5 Å². The van der Waals surface area contributed by atoms with Gasteiger partial charge < -0.3 is 10.1 Å². The monoisotopic (exact) mass is 380 g/mol. The van der Waals surface area contributed by atoms with Crippen LogP contribution >= 0.6 is 0 Å². The fraction of sp³-hybridized carbons (Fsp3) is 0.0400. The van der Waals surface area contributed by atoms with Gasteiger partial charge in [0.1, 0.15) is 5.75 Å². The molecule has 4 aromatic rings. The number of anilines is 1. The molecule has 3 aromatic carbocycles. The summed E-state index contributed by atoms with van der Waals surface area (Å²) in [6.07, 6.45) is 3.33. The molecule has 0 bridgehead atoms. The lowest BCUT2D eigenvalue weighted by Crippen LogP contribution is -2.12. The molecule has 0 radical (unpaired) electrons. The number of nitrogens with one attached hydrogen (secondary N) is 1. The summed E-state index contributed by atoms with van der Waals surface area (Å²) in [5, 5.41) is 2.96. The lowest BCUT2D eigenvalue weighted by atomic mass is 10.0. The van der Waals surface area contributed by atoms with E-state index in [0.29, 0.717) is 11.3 Å². The van der Waals surface area contributed by atoms with Crippen LogP contribution in [0.4, 0.5) is 5.69 Å². The van der Waals surface area contributed by atoms with Gasteiger partial charge in [0.2, 0.25) is 0 Å². The summed E-state index contributed by atoms with van der Waals surface area (Å²) in [7, 11) is 1.65. The highest BCUT2D eigenvalue weighted by Gasteiger charge is 2.10. The van der Waals surface area contributed by atoms with Crippen LogP contribution < -0.4 is 10.1 Å². The summed E-state index contributed by atoms with van der Waals surface area (Å²) in [4.78, 5) is 17.0. The van der Waals surface area contributed by atoms with E-state index in [1.165, 1.54) is 0 Å². The molecule has 142 valence electrons. The van der Waals surface area contributed by atoms with Crippen LogP contribution in [0.5, 0.6) is 5.75 Å². The molecular weight excluding hydrogens is 360 g/mol. The smallest absolute Gasteiger partial charge is 0.257 e. The highest BCUT2D eigenvalue weighted by Crippen LogP contribution is 2.31. The molecule has 1 N–H and O–H groups in total. The molecule has 0 saturated heterocycles. The zero-order chi connectivity index (χ0) is 20.1. The summed E-state index contributed by atoms with van der Waals surface area (Å²) in [6.45, 7) is 0. The van der Waals surface area contributed by atoms with Gasteiger partial charge in [-0.05, 0) is 35.4 Å². The summed E-state index contributed by atoms with van der Waals surface area (Å²) >= 11 is 0. The van der Waals surface area contributed by atoms with Crippen LogP contribution in [0.3, 0.4) is 0 Å². The Labute approximate surface area is 169 Å². The normalized spacial score (nSPS) is 10.4. The van der Waals surface area contributed by atoms with E-state index >= 15 is 0 Å². The number of hydrogen-bond acceptors (Lipinski definition) is 3. The zero-order valence-corrected chi connectivity index (χ0v) is 16.0. The molecule has 4 heteroatoms. The maximum atomic E-state index is 12.8. The van der Waals surface area contributed by atoms with Crippen molar-refractivity contribution in [2.75, 3.05) is 12.4 Å². The molecule has 0 atom stereocenters. The summed E-state index contributed by atoms with van der Waals surface area (Å²) in [5.74, 6) is 0.586. The van der Waals surface area contributed by atoms with Crippen molar-refractivity contribution in [2.24, 2.45) is 0 Å². The Hall–Kier alpha value is -3.92. The highest BCUT2D eigenvalue weighted by molar-refractivity contribution is 6.05. The van der Waals surface area contributed by atoms with Crippen molar-refractivity contribution in [3.8, 4) is 28.0 Å². The van der Waals surface area contributed by atoms with Crippen molar-refractivity contribution >= 4 is 11.6 Å². The Morgan fingerprint density at radius 1 is 0.793 bits per heavy atom. The molecule has 29 heavy (non-hydrogen) atoms. The van der Waals surface area contributed by atoms with E-state index in [-0.39, 0.29) is 5.91 Å². The Bertz CT molecular complexity index is 1140.